The number of hydrogen-bond donors (Lipinski definition) is 1. The van der Waals surface area contributed by atoms with Gasteiger partial charge >= 0.3 is 0 Å². The molecular weight excluding hydrogens is 332 g/mol. The third-order valence-electron chi connectivity index (χ3n) is 2.34. The second-order valence-corrected chi connectivity index (χ2v) is 4.94. The number of anilines is 1. The van der Waals surface area contributed by atoms with Crippen molar-refractivity contribution < 1.29 is 9.13 Å². The zero-order chi connectivity index (χ0) is 12.4. The van der Waals surface area contributed by atoms with Crippen LogP contribution in [0.2, 0.25) is 0 Å². The molecule has 4 heteroatoms. The summed E-state index contributed by atoms with van der Waals surface area (Å²) in [5.41, 5.74) is 6.94. The molecule has 0 fully saturated rings. The highest BCUT2D eigenvalue weighted by Gasteiger charge is 2.05. The third-order valence-corrected chi connectivity index (χ3v) is 3.01. The SMILES string of the molecule is Cc1ccc(Oc2ccc(I)cc2N)cc1F. The summed E-state index contributed by atoms with van der Waals surface area (Å²) in [5.74, 6) is 0.696. The fourth-order valence-corrected chi connectivity index (χ4v) is 1.89. The molecule has 2 nitrogen and oxygen atoms in total. The van der Waals surface area contributed by atoms with Crippen LogP contribution in [0.3, 0.4) is 0 Å². The van der Waals surface area contributed by atoms with Crippen LogP contribution in [0.4, 0.5) is 10.1 Å². The van der Waals surface area contributed by atoms with Gasteiger partial charge in [0.2, 0.25) is 0 Å². The van der Waals surface area contributed by atoms with Crippen LogP contribution in [-0.4, -0.2) is 0 Å². The molecule has 0 aliphatic carbocycles. The lowest BCUT2D eigenvalue weighted by atomic mass is 10.2. The maximum absolute atomic E-state index is 13.3. The van der Waals surface area contributed by atoms with Crippen molar-refractivity contribution in [2.75, 3.05) is 5.73 Å². The van der Waals surface area contributed by atoms with E-state index >= 15 is 0 Å². The van der Waals surface area contributed by atoms with E-state index in [1.807, 2.05) is 6.07 Å². The van der Waals surface area contributed by atoms with E-state index in [0.29, 0.717) is 22.7 Å². The van der Waals surface area contributed by atoms with Crippen LogP contribution >= 0.6 is 22.6 Å². The van der Waals surface area contributed by atoms with E-state index in [0.717, 1.165) is 3.57 Å². The van der Waals surface area contributed by atoms with E-state index in [2.05, 4.69) is 22.6 Å². The molecule has 0 amide bonds. The highest BCUT2D eigenvalue weighted by molar-refractivity contribution is 14.1. The molecule has 0 bridgehead atoms. The molecule has 2 rings (SSSR count). The molecule has 0 unspecified atom stereocenters. The minimum absolute atomic E-state index is 0.286. The number of nitrogen functional groups attached to an aromatic ring is 1. The molecule has 2 aromatic rings. The van der Waals surface area contributed by atoms with E-state index in [1.165, 1.54) is 6.07 Å². The van der Waals surface area contributed by atoms with Gasteiger partial charge in [-0.05, 0) is 59.3 Å². The van der Waals surface area contributed by atoms with Gasteiger partial charge in [0.05, 0.1) is 5.69 Å². The van der Waals surface area contributed by atoms with Gasteiger partial charge in [-0.15, -0.1) is 0 Å². The molecule has 2 aromatic carbocycles. The predicted molar refractivity (Wildman–Crippen MR) is 74.8 cm³/mol. The van der Waals surface area contributed by atoms with Gasteiger partial charge in [0.1, 0.15) is 17.3 Å². The molecule has 0 aromatic heterocycles. The maximum atomic E-state index is 13.3. The Hall–Kier alpha value is -1.30. The molecule has 2 N–H and O–H groups in total. The van der Waals surface area contributed by atoms with E-state index < -0.39 is 0 Å². The first kappa shape index (κ1) is 12.2. The van der Waals surface area contributed by atoms with Gasteiger partial charge in [0.15, 0.2) is 0 Å². The summed E-state index contributed by atoms with van der Waals surface area (Å²) in [6.45, 7) is 1.71. The quantitative estimate of drug-likeness (QED) is 0.658. The topological polar surface area (TPSA) is 35.2 Å². The molecule has 0 atom stereocenters. The largest absolute Gasteiger partial charge is 0.455 e. The van der Waals surface area contributed by atoms with Crippen LogP contribution in [0.25, 0.3) is 0 Å². The Labute approximate surface area is 113 Å². The number of halogens is 2. The first-order valence-corrected chi connectivity index (χ1v) is 6.13. The Morgan fingerprint density at radius 3 is 2.59 bits per heavy atom. The third kappa shape index (κ3) is 2.88. The first-order chi connectivity index (χ1) is 8.06. The molecule has 0 saturated heterocycles. The Kier molecular flexibility index (Phi) is 3.51. The van der Waals surface area contributed by atoms with Crippen LogP contribution in [0.1, 0.15) is 5.56 Å². The van der Waals surface area contributed by atoms with Crippen LogP contribution in [0.15, 0.2) is 36.4 Å². The zero-order valence-corrected chi connectivity index (χ0v) is 11.4. The molecule has 0 radical (unpaired) electrons. The van der Waals surface area contributed by atoms with Crippen LogP contribution < -0.4 is 10.5 Å². The summed E-state index contributed by atoms with van der Waals surface area (Å²) in [6.07, 6.45) is 0. The Bertz CT molecular complexity index is 557. The molecule has 0 heterocycles. The maximum Gasteiger partial charge on any atom is 0.150 e. The van der Waals surface area contributed by atoms with Crippen molar-refractivity contribution in [1.29, 1.82) is 0 Å². The second kappa shape index (κ2) is 4.91. The highest BCUT2D eigenvalue weighted by Crippen LogP contribution is 2.29. The Balaban J connectivity index is 2.28. The standard InChI is InChI=1S/C13H11FINO/c1-8-2-4-10(7-11(8)14)17-13-5-3-9(15)6-12(13)16/h2-7H,16H2,1H3. The van der Waals surface area contributed by atoms with Crippen molar-refractivity contribution in [3.63, 3.8) is 0 Å². The van der Waals surface area contributed by atoms with E-state index in [9.17, 15) is 4.39 Å². The highest BCUT2D eigenvalue weighted by atomic mass is 127. The number of nitrogens with two attached hydrogens (primary N) is 1. The lowest BCUT2D eigenvalue weighted by Crippen LogP contribution is -1.93. The molecule has 0 saturated carbocycles. The summed E-state index contributed by atoms with van der Waals surface area (Å²) in [7, 11) is 0. The fraction of sp³-hybridized carbons (Fsp3) is 0.0769. The zero-order valence-electron chi connectivity index (χ0n) is 9.21. The minimum Gasteiger partial charge on any atom is -0.455 e. The monoisotopic (exact) mass is 343 g/mol. The number of aryl methyl sites for hydroxylation is 1. The molecule has 88 valence electrons. The van der Waals surface area contributed by atoms with Crippen LogP contribution in [0.5, 0.6) is 11.5 Å². The fourth-order valence-electron chi connectivity index (χ4n) is 1.38. The van der Waals surface area contributed by atoms with E-state index in [-0.39, 0.29) is 5.82 Å². The van der Waals surface area contributed by atoms with Gasteiger partial charge in [-0.1, -0.05) is 6.07 Å². The Morgan fingerprint density at radius 1 is 1.18 bits per heavy atom. The van der Waals surface area contributed by atoms with Gasteiger partial charge in [-0.2, -0.15) is 0 Å². The van der Waals surface area contributed by atoms with Gasteiger partial charge in [0.25, 0.3) is 0 Å². The number of benzene rings is 2. The lowest BCUT2D eigenvalue weighted by Gasteiger charge is -2.09. The molecule has 0 spiro atoms. The van der Waals surface area contributed by atoms with Gasteiger partial charge in [0, 0.05) is 9.64 Å². The number of ether oxygens (including phenoxy) is 1. The average Bonchev–Trinajstić information content (AvgIpc) is 2.27. The van der Waals surface area contributed by atoms with Crippen molar-refractivity contribution >= 4 is 28.3 Å². The average molecular weight is 343 g/mol. The summed E-state index contributed by atoms with van der Waals surface area (Å²) in [4.78, 5) is 0. The Morgan fingerprint density at radius 2 is 1.94 bits per heavy atom. The normalized spacial score (nSPS) is 10.3. The van der Waals surface area contributed by atoms with Crippen LogP contribution in [-0.2, 0) is 0 Å². The predicted octanol–water partition coefficient (Wildman–Crippen LogP) is 4.11. The smallest absolute Gasteiger partial charge is 0.150 e. The number of hydrogen-bond acceptors (Lipinski definition) is 2. The summed E-state index contributed by atoms with van der Waals surface area (Å²) in [5, 5.41) is 0. The van der Waals surface area contributed by atoms with Crippen LogP contribution in [0, 0.1) is 16.3 Å². The second-order valence-electron chi connectivity index (χ2n) is 3.70. The first-order valence-electron chi connectivity index (χ1n) is 5.05. The number of rotatable bonds is 2. The summed E-state index contributed by atoms with van der Waals surface area (Å²) >= 11 is 2.17. The van der Waals surface area contributed by atoms with Crippen molar-refractivity contribution in [2.24, 2.45) is 0 Å². The minimum atomic E-state index is -0.286. The van der Waals surface area contributed by atoms with Crippen molar-refractivity contribution in [3.8, 4) is 11.5 Å². The summed E-state index contributed by atoms with van der Waals surface area (Å²) in [6, 6.07) is 10.2. The summed E-state index contributed by atoms with van der Waals surface area (Å²) < 4.78 is 19.9. The molecule has 0 aliphatic rings. The van der Waals surface area contributed by atoms with Gasteiger partial charge in [-0.3, -0.25) is 0 Å². The van der Waals surface area contributed by atoms with Crippen molar-refractivity contribution in [2.45, 2.75) is 6.92 Å². The molecular formula is C13H11FINO. The van der Waals surface area contributed by atoms with E-state index in [4.69, 9.17) is 10.5 Å². The van der Waals surface area contributed by atoms with Crippen molar-refractivity contribution in [3.05, 3.63) is 51.3 Å². The molecule has 17 heavy (non-hydrogen) atoms. The van der Waals surface area contributed by atoms with Gasteiger partial charge < -0.3 is 10.5 Å². The molecule has 0 aliphatic heterocycles. The van der Waals surface area contributed by atoms with Gasteiger partial charge in [-0.25, -0.2) is 4.39 Å². The van der Waals surface area contributed by atoms with Crippen molar-refractivity contribution in [1.82, 2.24) is 0 Å². The lowest BCUT2D eigenvalue weighted by molar-refractivity contribution is 0.478. The van der Waals surface area contributed by atoms with E-state index in [1.54, 1.807) is 31.2 Å².